The maximum atomic E-state index is 14.2. The number of hydrogen-bond acceptors (Lipinski definition) is 12. The summed E-state index contributed by atoms with van der Waals surface area (Å²) in [4.78, 5) is 35.1. The number of allylic oxidation sites excluding steroid dienone is 1. The molecule has 3 aromatic rings. The van der Waals surface area contributed by atoms with Gasteiger partial charge in [-0.1, -0.05) is 27.2 Å². The van der Waals surface area contributed by atoms with Crippen molar-refractivity contribution in [3.8, 4) is 11.9 Å². The number of nitrogens with zero attached hydrogens (tertiary/aromatic N) is 6. The Kier molecular flexibility index (Phi) is 10.4. The van der Waals surface area contributed by atoms with E-state index in [9.17, 15) is 10.1 Å². The molecule has 3 heterocycles. The zero-order valence-corrected chi connectivity index (χ0v) is 25.5. The number of ether oxygens (including phenoxy) is 1. The highest BCUT2D eigenvalue weighted by molar-refractivity contribution is 7.16. The maximum Gasteiger partial charge on any atom is 0.228 e. The average molecular weight is 590 g/mol. The Hall–Kier alpha value is -4.08. The van der Waals surface area contributed by atoms with Gasteiger partial charge in [-0.05, 0) is 57.3 Å². The van der Waals surface area contributed by atoms with Gasteiger partial charge >= 0.3 is 0 Å². The first-order valence-electron chi connectivity index (χ1n) is 14.4. The minimum atomic E-state index is -0.485. The monoisotopic (exact) mass is 589 g/mol. The Morgan fingerprint density at radius 3 is 2.71 bits per heavy atom. The van der Waals surface area contributed by atoms with Crippen LogP contribution in [0.1, 0.15) is 80.6 Å². The second-order valence-corrected chi connectivity index (χ2v) is 11.4. The summed E-state index contributed by atoms with van der Waals surface area (Å²) in [5.41, 5.74) is 14.7. The van der Waals surface area contributed by atoms with Gasteiger partial charge in [-0.2, -0.15) is 10.2 Å². The van der Waals surface area contributed by atoms with Crippen molar-refractivity contribution in [3.05, 3.63) is 51.9 Å². The van der Waals surface area contributed by atoms with E-state index in [2.05, 4.69) is 57.1 Å². The number of nitrogens with two attached hydrogens (primary N) is 2. The number of Topliss-reactive ketones (excluding diaryl/α,β-unsaturated/α-hetero) is 1. The highest BCUT2D eigenvalue weighted by atomic mass is 32.1. The molecular formula is C30H39N9O2S. The van der Waals surface area contributed by atoms with Crippen molar-refractivity contribution < 1.29 is 9.53 Å². The van der Waals surface area contributed by atoms with Crippen molar-refractivity contribution in [3.63, 3.8) is 0 Å². The summed E-state index contributed by atoms with van der Waals surface area (Å²) in [5, 5.41) is 13.4. The molecule has 0 aliphatic heterocycles. The minimum Gasteiger partial charge on any atom is -0.476 e. The van der Waals surface area contributed by atoms with Crippen LogP contribution in [0.25, 0.3) is 5.70 Å². The van der Waals surface area contributed by atoms with Gasteiger partial charge in [0.25, 0.3) is 0 Å². The second-order valence-electron chi connectivity index (χ2n) is 10.3. The predicted molar refractivity (Wildman–Crippen MR) is 165 cm³/mol. The third kappa shape index (κ3) is 6.86. The van der Waals surface area contributed by atoms with E-state index in [0.717, 1.165) is 36.2 Å². The van der Waals surface area contributed by atoms with Crippen molar-refractivity contribution >= 4 is 39.6 Å². The number of thiophene rings is 1. The molecule has 4 rings (SSSR count). The van der Waals surface area contributed by atoms with Crippen molar-refractivity contribution in [1.29, 1.82) is 5.26 Å². The fourth-order valence-corrected chi connectivity index (χ4v) is 6.32. The van der Waals surface area contributed by atoms with Gasteiger partial charge in [0.05, 0.1) is 11.3 Å². The first kappa shape index (κ1) is 30.9. The highest BCUT2D eigenvalue weighted by Gasteiger charge is 2.34. The van der Waals surface area contributed by atoms with Crippen molar-refractivity contribution in [2.75, 3.05) is 31.2 Å². The van der Waals surface area contributed by atoms with Crippen molar-refractivity contribution in [2.24, 2.45) is 5.73 Å². The van der Waals surface area contributed by atoms with Crippen LogP contribution in [0.2, 0.25) is 0 Å². The van der Waals surface area contributed by atoms with Crippen LogP contribution in [-0.2, 0) is 11.2 Å². The Balaban J connectivity index is 1.75. The van der Waals surface area contributed by atoms with E-state index >= 15 is 0 Å². The molecule has 0 saturated carbocycles. The van der Waals surface area contributed by atoms with Crippen LogP contribution in [0.15, 0.2) is 30.1 Å². The van der Waals surface area contributed by atoms with Gasteiger partial charge in [0.15, 0.2) is 11.6 Å². The quantitative estimate of drug-likeness (QED) is 0.234. The summed E-state index contributed by atoms with van der Waals surface area (Å²) in [7, 11) is 2.06. The number of carbonyl (C=O) groups excluding carboxylic acids is 1. The van der Waals surface area contributed by atoms with Crippen LogP contribution < -0.4 is 21.5 Å². The molecule has 1 aliphatic carbocycles. The van der Waals surface area contributed by atoms with Crippen molar-refractivity contribution in [1.82, 2.24) is 24.8 Å². The number of nitrogen functional groups attached to an aromatic ring is 1. The van der Waals surface area contributed by atoms with E-state index in [1.165, 1.54) is 11.3 Å². The standard InChI is InChI=1S/C30H39N9O2S/c1-5-10-20(27(40)19-11-8-12-22-25(19)21(16-31)28(33)42-22)26(32)29-36-23(37-30-34-13-9-14-35-30)15-24(38-29)41-17-18(6-2)39(4)7-3/h9,13-15,18-19H,5-8,10-12,17,32-33H2,1-4H3,(H,34,35,36,37,38)/b26-20-/t18-,19-/m0/s1. The topological polar surface area (TPSA) is 169 Å². The Bertz CT molecular complexity index is 1470. The number of anilines is 3. The lowest BCUT2D eigenvalue weighted by Gasteiger charge is -2.25. The SMILES string of the molecule is CCC/C(C(=O)[C@H]1CCCc2sc(N)c(C#N)c21)=C(/N)c1nc(Nc2ncccn2)cc(OC[C@H](CC)N(C)CC)n1. The molecule has 11 nitrogen and oxygen atoms in total. The average Bonchev–Trinajstić information content (AvgIpc) is 3.34. The lowest BCUT2D eigenvalue weighted by atomic mass is 9.79. The Morgan fingerprint density at radius 1 is 1.29 bits per heavy atom. The molecule has 2 atom stereocenters. The fraction of sp³-hybridized carbons (Fsp3) is 0.467. The number of aromatic nitrogens is 4. The van der Waals surface area contributed by atoms with E-state index in [-0.39, 0.29) is 23.3 Å². The van der Waals surface area contributed by atoms with Gasteiger partial charge in [-0.3, -0.25) is 4.79 Å². The van der Waals surface area contributed by atoms with Gasteiger partial charge < -0.3 is 26.4 Å². The van der Waals surface area contributed by atoms with Crippen LogP contribution in [-0.4, -0.2) is 56.9 Å². The molecule has 0 radical (unpaired) electrons. The molecule has 0 bridgehead atoms. The largest absolute Gasteiger partial charge is 0.476 e. The number of ketones is 1. The van der Waals surface area contributed by atoms with Crippen LogP contribution in [0, 0.1) is 11.3 Å². The van der Waals surface area contributed by atoms with E-state index in [1.807, 2.05) is 6.92 Å². The van der Waals surface area contributed by atoms with Gasteiger partial charge in [0.2, 0.25) is 11.8 Å². The molecular weight excluding hydrogens is 550 g/mol. The third-order valence-corrected chi connectivity index (χ3v) is 8.71. The van der Waals surface area contributed by atoms with Gasteiger partial charge in [-0.25, -0.2) is 15.0 Å². The van der Waals surface area contributed by atoms with E-state index in [0.29, 0.717) is 59.7 Å². The van der Waals surface area contributed by atoms with Gasteiger partial charge in [-0.15, -0.1) is 11.3 Å². The molecule has 0 saturated heterocycles. The maximum absolute atomic E-state index is 14.2. The van der Waals surface area contributed by atoms with E-state index in [1.54, 1.807) is 24.5 Å². The molecule has 3 aromatic heterocycles. The first-order chi connectivity index (χ1) is 20.3. The smallest absolute Gasteiger partial charge is 0.228 e. The summed E-state index contributed by atoms with van der Waals surface area (Å²) in [5.74, 6) is 0.650. The number of likely N-dealkylation sites (N-methyl/N-ethyl adjacent to an activating group) is 1. The number of nitriles is 1. The molecule has 1 aliphatic rings. The van der Waals surface area contributed by atoms with Crippen LogP contribution in [0.5, 0.6) is 5.88 Å². The van der Waals surface area contributed by atoms with Gasteiger partial charge in [0, 0.05) is 40.9 Å². The Morgan fingerprint density at radius 2 is 2.05 bits per heavy atom. The fourth-order valence-electron chi connectivity index (χ4n) is 5.20. The molecule has 0 aromatic carbocycles. The van der Waals surface area contributed by atoms with Crippen LogP contribution in [0.3, 0.4) is 0 Å². The lowest BCUT2D eigenvalue weighted by Crippen LogP contribution is -2.36. The number of fused-ring (bicyclic) bond motifs is 1. The zero-order valence-electron chi connectivity index (χ0n) is 24.7. The normalized spacial score (nSPS) is 15.9. The zero-order chi connectivity index (χ0) is 30.2. The van der Waals surface area contributed by atoms with Crippen LogP contribution in [0.4, 0.5) is 16.8 Å². The molecule has 5 N–H and O–H groups in total. The molecule has 0 spiro atoms. The summed E-state index contributed by atoms with van der Waals surface area (Å²) < 4.78 is 6.16. The third-order valence-electron chi connectivity index (χ3n) is 7.61. The number of hydrogen-bond donors (Lipinski definition) is 3. The Labute approximate surface area is 251 Å². The molecule has 222 valence electrons. The summed E-state index contributed by atoms with van der Waals surface area (Å²) in [6.07, 6.45) is 7.56. The first-order valence-corrected chi connectivity index (χ1v) is 15.2. The molecule has 42 heavy (non-hydrogen) atoms. The summed E-state index contributed by atoms with van der Waals surface area (Å²) >= 11 is 1.40. The summed E-state index contributed by atoms with van der Waals surface area (Å²) in [6, 6.07) is 5.81. The summed E-state index contributed by atoms with van der Waals surface area (Å²) in [6.45, 7) is 7.52. The number of nitrogens with one attached hydrogen (secondary N) is 1. The number of rotatable bonds is 13. The molecule has 0 amide bonds. The minimum absolute atomic E-state index is 0.115. The number of aryl methyl sites for hydroxylation is 1. The van der Waals surface area contributed by atoms with Crippen LogP contribution >= 0.6 is 11.3 Å². The molecule has 0 unspecified atom stereocenters. The number of carbonyl (C=O) groups is 1. The molecule has 12 heteroatoms. The molecule has 0 fully saturated rings. The van der Waals surface area contributed by atoms with Gasteiger partial charge in [0.1, 0.15) is 23.5 Å². The predicted octanol–water partition coefficient (Wildman–Crippen LogP) is 4.79. The second kappa shape index (κ2) is 14.2. The van der Waals surface area contributed by atoms with E-state index < -0.39 is 5.92 Å². The lowest BCUT2D eigenvalue weighted by molar-refractivity contribution is -0.117. The van der Waals surface area contributed by atoms with E-state index in [4.69, 9.17) is 16.2 Å². The van der Waals surface area contributed by atoms with Crippen molar-refractivity contribution in [2.45, 2.75) is 71.3 Å². The highest BCUT2D eigenvalue weighted by Crippen LogP contribution is 2.44.